The van der Waals surface area contributed by atoms with E-state index in [0.717, 1.165) is 6.54 Å². The average molecular weight is 288 g/mol. The van der Waals surface area contributed by atoms with Gasteiger partial charge in [-0.2, -0.15) is 0 Å². The van der Waals surface area contributed by atoms with Crippen LogP contribution >= 0.6 is 0 Å². The molecule has 1 atom stereocenters. The Morgan fingerprint density at radius 1 is 1.10 bits per heavy atom. The number of nitrogens with one attached hydrogen (secondary N) is 1. The van der Waals surface area contributed by atoms with E-state index in [1.165, 1.54) is 69.3 Å². The lowest BCUT2D eigenvalue weighted by Crippen LogP contribution is -2.31. The lowest BCUT2D eigenvalue weighted by molar-refractivity contribution is 0.266. The van der Waals surface area contributed by atoms with E-state index in [2.05, 4.69) is 48.3 Å². The number of hydrogen-bond acceptors (Lipinski definition) is 2. The molecule has 0 aliphatic carbocycles. The third-order valence-electron chi connectivity index (χ3n) is 4.64. The van der Waals surface area contributed by atoms with Gasteiger partial charge in [0.05, 0.1) is 0 Å². The van der Waals surface area contributed by atoms with Gasteiger partial charge in [-0.1, -0.05) is 44.0 Å². The molecule has 1 unspecified atom stereocenters. The summed E-state index contributed by atoms with van der Waals surface area (Å²) in [5, 5.41) is 3.76. The highest BCUT2D eigenvalue weighted by atomic mass is 15.1. The molecule has 2 heteroatoms. The summed E-state index contributed by atoms with van der Waals surface area (Å²) in [6, 6.07) is 9.36. The van der Waals surface area contributed by atoms with Gasteiger partial charge in [-0.25, -0.2) is 0 Å². The van der Waals surface area contributed by atoms with Crippen LogP contribution in [0.4, 0.5) is 0 Å². The molecule has 21 heavy (non-hydrogen) atoms. The summed E-state index contributed by atoms with van der Waals surface area (Å²) in [5.41, 5.74) is 2.91. The summed E-state index contributed by atoms with van der Waals surface area (Å²) >= 11 is 0. The second-order valence-electron chi connectivity index (χ2n) is 6.41. The number of likely N-dealkylation sites (tertiary alicyclic amines) is 1. The summed E-state index contributed by atoms with van der Waals surface area (Å²) in [4.78, 5) is 2.67. The predicted molar refractivity (Wildman–Crippen MR) is 91.7 cm³/mol. The Balaban J connectivity index is 1.94. The number of hydrogen-bond donors (Lipinski definition) is 1. The molecule has 0 bridgehead atoms. The molecule has 1 aliphatic rings. The number of nitrogens with zero attached hydrogens (tertiary/aromatic N) is 1. The van der Waals surface area contributed by atoms with Crippen molar-refractivity contribution in [3.05, 3.63) is 35.4 Å². The van der Waals surface area contributed by atoms with Crippen LogP contribution in [0.1, 0.15) is 62.6 Å². The first kappa shape index (κ1) is 16.5. The third-order valence-corrected chi connectivity index (χ3v) is 4.64. The fourth-order valence-corrected chi connectivity index (χ4v) is 3.34. The normalized spacial score (nSPS) is 18.4. The van der Waals surface area contributed by atoms with Crippen LogP contribution < -0.4 is 5.32 Å². The standard InChI is InChI=1S/C19H32N2/c1-3-13-20-19(18-11-7-6-10-17(18)2)12-16-21-14-8-4-5-9-15-21/h6-7,10-11,19-20H,3-5,8-9,12-16H2,1-2H3. The largest absolute Gasteiger partial charge is 0.310 e. The zero-order valence-electron chi connectivity index (χ0n) is 13.9. The second kappa shape index (κ2) is 9.22. The van der Waals surface area contributed by atoms with Crippen LogP contribution in [-0.4, -0.2) is 31.1 Å². The summed E-state index contributed by atoms with van der Waals surface area (Å²) in [6.07, 6.45) is 8.05. The first-order valence-electron chi connectivity index (χ1n) is 8.82. The van der Waals surface area contributed by atoms with Crippen molar-refractivity contribution in [2.75, 3.05) is 26.2 Å². The van der Waals surface area contributed by atoms with Crippen LogP contribution in [0.3, 0.4) is 0 Å². The Morgan fingerprint density at radius 2 is 1.81 bits per heavy atom. The molecular weight excluding hydrogens is 256 g/mol. The summed E-state index contributed by atoms with van der Waals surface area (Å²) in [5.74, 6) is 0. The minimum absolute atomic E-state index is 0.509. The highest BCUT2D eigenvalue weighted by molar-refractivity contribution is 5.28. The SMILES string of the molecule is CCCNC(CCN1CCCCCC1)c1ccccc1C. The Morgan fingerprint density at radius 3 is 2.48 bits per heavy atom. The molecular formula is C19H32N2. The van der Waals surface area contributed by atoms with E-state index >= 15 is 0 Å². The van der Waals surface area contributed by atoms with Crippen LogP contribution in [0.25, 0.3) is 0 Å². The molecule has 0 spiro atoms. The van der Waals surface area contributed by atoms with E-state index in [4.69, 9.17) is 0 Å². The minimum Gasteiger partial charge on any atom is -0.310 e. The maximum Gasteiger partial charge on any atom is 0.0335 e. The molecule has 2 rings (SSSR count). The lowest BCUT2D eigenvalue weighted by atomic mass is 9.98. The van der Waals surface area contributed by atoms with E-state index in [-0.39, 0.29) is 0 Å². The zero-order chi connectivity index (χ0) is 14.9. The van der Waals surface area contributed by atoms with Crippen molar-refractivity contribution in [3.63, 3.8) is 0 Å². The quantitative estimate of drug-likeness (QED) is 0.804. The first-order chi connectivity index (χ1) is 10.3. The van der Waals surface area contributed by atoms with Crippen molar-refractivity contribution in [2.45, 2.75) is 58.4 Å². The Labute approximate surface area is 130 Å². The second-order valence-corrected chi connectivity index (χ2v) is 6.41. The number of benzene rings is 1. The van der Waals surface area contributed by atoms with Crippen LogP contribution in [-0.2, 0) is 0 Å². The summed E-state index contributed by atoms with van der Waals surface area (Å²) in [7, 11) is 0. The van der Waals surface area contributed by atoms with Gasteiger partial charge in [0.1, 0.15) is 0 Å². The van der Waals surface area contributed by atoms with Crippen molar-refractivity contribution < 1.29 is 0 Å². The summed E-state index contributed by atoms with van der Waals surface area (Å²) in [6.45, 7) is 9.43. The fourth-order valence-electron chi connectivity index (χ4n) is 3.34. The van der Waals surface area contributed by atoms with E-state index in [1.54, 1.807) is 0 Å². The van der Waals surface area contributed by atoms with Crippen molar-refractivity contribution in [1.29, 1.82) is 0 Å². The molecule has 1 fully saturated rings. The third kappa shape index (κ3) is 5.44. The molecule has 2 nitrogen and oxygen atoms in total. The van der Waals surface area contributed by atoms with E-state index in [1.807, 2.05) is 0 Å². The lowest BCUT2D eigenvalue weighted by Gasteiger charge is -2.25. The monoisotopic (exact) mass is 288 g/mol. The van der Waals surface area contributed by atoms with Crippen molar-refractivity contribution in [1.82, 2.24) is 10.2 Å². The average Bonchev–Trinajstić information content (AvgIpc) is 2.77. The molecule has 0 amide bonds. The number of aryl methyl sites for hydroxylation is 1. The van der Waals surface area contributed by atoms with Crippen LogP contribution in [0.2, 0.25) is 0 Å². The topological polar surface area (TPSA) is 15.3 Å². The van der Waals surface area contributed by atoms with Crippen LogP contribution in [0.5, 0.6) is 0 Å². The van der Waals surface area contributed by atoms with E-state index < -0.39 is 0 Å². The molecule has 1 N–H and O–H groups in total. The van der Waals surface area contributed by atoms with Gasteiger partial charge in [-0.15, -0.1) is 0 Å². The Hall–Kier alpha value is -0.860. The Bertz CT molecular complexity index is 394. The molecule has 118 valence electrons. The minimum atomic E-state index is 0.509. The highest BCUT2D eigenvalue weighted by Gasteiger charge is 2.15. The van der Waals surface area contributed by atoms with Crippen LogP contribution in [0.15, 0.2) is 24.3 Å². The van der Waals surface area contributed by atoms with Gasteiger partial charge < -0.3 is 10.2 Å². The van der Waals surface area contributed by atoms with Gasteiger partial charge in [-0.05, 0) is 69.9 Å². The maximum absolute atomic E-state index is 3.76. The van der Waals surface area contributed by atoms with Gasteiger partial charge in [0.25, 0.3) is 0 Å². The van der Waals surface area contributed by atoms with Crippen molar-refractivity contribution in [3.8, 4) is 0 Å². The molecule has 0 radical (unpaired) electrons. The highest BCUT2D eigenvalue weighted by Crippen LogP contribution is 2.22. The molecule has 1 saturated heterocycles. The number of rotatable bonds is 7. The van der Waals surface area contributed by atoms with Crippen molar-refractivity contribution >= 4 is 0 Å². The zero-order valence-corrected chi connectivity index (χ0v) is 13.9. The molecule has 0 aromatic heterocycles. The molecule has 1 aromatic carbocycles. The predicted octanol–water partition coefficient (Wildman–Crippen LogP) is 4.30. The van der Waals surface area contributed by atoms with E-state index in [0.29, 0.717) is 6.04 Å². The van der Waals surface area contributed by atoms with Gasteiger partial charge in [-0.3, -0.25) is 0 Å². The first-order valence-corrected chi connectivity index (χ1v) is 8.82. The van der Waals surface area contributed by atoms with Gasteiger partial charge in [0.15, 0.2) is 0 Å². The maximum atomic E-state index is 3.76. The van der Waals surface area contributed by atoms with Crippen molar-refractivity contribution in [2.24, 2.45) is 0 Å². The molecule has 1 aliphatic heterocycles. The summed E-state index contributed by atoms with van der Waals surface area (Å²) < 4.78 is 0. The molecule has 1 aromatic rings. The van der Waals surface area contributed by atoms with Crippen LogP contribution in [0, 0.1) is 6.92 Å². The fraction of sp³-hybridized carbons (Fsp3) is 0.684. The van der Waals surface area contributed by atoms with Gasteiger partial charge in [0.2, 0.25) is 0 Å². The smallest absolute Gasteiger partial charge is 0.0335 e. The molecule has 0 saturated carbocycles. The van der Waals surface area contributed by atoms with Gasteiger partial charge in [0, 0.05) is 6.04 Å². The Kier molecular flexibility index (Phi) is 7.25. The molecule has 1 heterocycles. The van der Waals surface area contributed by atoms with Gasteiger partial charge >= 0.3 is 0 Å². The van der Waals surface area contributed by atoms with E-state index in [9.17, 15) is 0 Å².